The minimum absolute atomic E-state index is 0.0406. The van der Waals surface area contributed by atoms with Crippen molar-refractivity contribution < 1.29 is 0 Å². The van der Waals surface area contributed by atoms with Crippen molar-refractivity contribution in [3.8, 4) is 0 Å². The molecule has 2 unspecified atom stereocenters. The van der Waals surface area contributed by atoms with Gasteiger partial charge in [-0.2, -0.15) is 0 Å². The van der Waals surface area contributed by atoms with E-state index in [9.17, 15) is 0 Å². The molecule has 2 aliphatic carbocycles. The Bertz CT molecular complexity index is 1760. The number of para-hydroxylation sites is 2. The molecule has 4 heteroatoms. The van der Waals surface area contributed by atoms with Crippen LogP contribution < -0.4 is 0 Å². The molecule has 0 radical (unpaired) electrons. The van der Waals surface area contributed by atoms with Crippen molar-refractivity contribution in [2.45, 2.75) is 31.9 Å². The van der Waals surface area contributed by atoms with E-state index in [-0.39, 0.29) is 16.5 Å². The molecule has 3 aromatic heterocycles. The summed E-state index contributed by atoms with van der Waals surface area (Å²) in [5.41, 5.74) is 9.32. The molecule has 0 amide bonds. The molecule has 0 spiro atoms. The molecule has 0 saturated heterocycles. The lowest BCUT2D eigenvalue weighted by molar-refractivity contribution is 0.358. The second-order valence-electron chi connectivity index (χ2n) is 12.1. The first-order chi connectivity index (χ1) is 17.3. The maximum absolute atomic E-state index is 4.89. The minimum atomic E-state index is 0.0406. The van der Waals surface area contributed by atoms with E-state index in [2.05, 4.69) is 126 Å². The van der Waals surface area contributed by atoms with Gasteiger partial charge in [0.15, 0.2) is 0 Å². The van der Waals surface area contributed by atoms with Crippen LogP contribution in [0.1, 0.15) is 49.2 Å². The predicted octanol–water partition coefficient (Wildman–Crippen LogP) is 5.92. The van der Waals surface area contributed by atoms with Crippen molar-refractivity contribution in [2.24, 2.45) is 11.3 Å². The number of rotatable bonds is 2. The number of hydrogen-bond acceptors (Lipinski definition) is 1. The molecular formula is C32H30B2N2. The second-order valence-corrected chi connectivity index (χ2v) is 12.1. The zero-order valence-corrected chi connectivity index (χ0v) is 21.7. The molecule has 0 aliphatic heterocycles. The van der Waals surface area contributed by atoms with Crippen molar-refractivity contribution in [2.75, 3.05) is 0 Å². The average Bonchev–Trinajstić information content (AvgIpc) is 3.40. The van der Waals surface area contributed by atoms with Crippen LogP contribution in [-0.2, 0) is 5.21 Å². The Kier molecular flexibility index (Phi) is 4.38. The van der Waals surface area contributed by atoms with E-state index in [0.717, 1.165) is 5.69 Å². The first-order valence-corrected chi connectivity index (χ1v) is 13.1. The van der Waals surface area contributed by atoms with E-state index >= 15 is 0 Å². The fourth-order valence-electron chi connectivity index (χ4n) is 6.32. The van der Waals surface area contributed by atoms with Crippen molar-refractivity contribution in [1.82, 2.24) is 9.38 Å². The summed E-state index contributed by atoms with van der Waals surface area (Å²) < 4.78 is 2.48. The number of benzene rings is 2. The lowest BCUT2D eigenvalue weighted by atomic mass is 9.41. The molecule has 0 fully saturated rings. The van der Waals surface area contributed by atoms with Crippen LogP contribution >= 0.6 is 0 Å². The highest BCUT2D eigenvalue weighted by Crippen LogP contribution is 2.50. The maximum atomic E-state index is 4.89. The van der Waals surface area contributed by atoms with E-state index in [4.69, 9.17) is 4.98 Å². The molecule has 0 N–H and O–H groups in total. The first-order valence-electron chi connectivity index (χ1n) is 13.1. The van der Waals surface area contributed by atoms with Gasteiger partial charge in [0, 0.05) is 34.2 Å². The molecule has 5 aromatic rings. The van der Waals surface area contributed by atoms with Gasteiger partial charge >= 0.3 is 0 Å². The van der Waals surface area contributed by atoms with Crippen molar-refractivity contribution >= 4 is 54.5 Å². The zero-order valence-electron chi connectivity index (χ0n) is 21.7. The Balaban J connectivity index is 1.39. The van der Waals surface area contributed by atoms with Gasteiger partial charge in [0.25, 0.3) is 0 Å². The maximum Gasteiger partial charge on any atom is 0.105 e. The highest BCUT2D eigenvalue weighted by molar-refractivity contribution is 6.40. The number of pyridine rings is 1. The van der Waals surface area contributed by atoms with Crippen molar-refractivity contribution in [1.29, 1.82) is 0 Å². The summed E-state index contributed by atoms with van der Waals surface area (Å²) in [6.07, 6.45) is 13.7. The fourth-order valence-corrected chi connectivity index (χ4v) is 6.32. The van der Waals surface area contributed by atoms with Crippen LogP contribution in [0.25, 0.3) is 38.8 Å². The van der Waals surface area contributed by atoms with Gasteiger partial charge in [-0.1, -0.05) is 92.3 Å². The number of aromatic nitrogens is 2. The molecule has 2 atom stereocenters. The molecule has 0 saturated carbocycles. The summed E-state index contributed by atoms with van der Waals surface area (Å²) in [7, 11) is 4.69. The molecule has 174 valence electrons. The Morgan fingerprint density at radius 2 is 1.64 bits per heavy atom. The third kappa shape index (κ3) is 2.79. The molecule has 7 rings (SSSR count). The fraction of sp³-hybridized carbons (Fsp3) is 0.219. The van der Waals surface area contributed by atoms with Crippen LogP contribution in [0.15, 0.2) is 85.1 Å². The van der Waals surface area contributed by atoms with E-state index in [1.165, 1.54) is 49.6 Å². The van der Waals surface area contributed by atoms with Crippen LogP contribution in [0.2, 0.25) is 0 Å². The molecule has 36 heavy (non-hydrogen) atoms. The number of allylic oxidation sites excluding steroid dienone is 5. The van der Waals surface area contributed by atoms with Crippen molar-refractivity contribution in [3.63, 3.8) is 0 Å². The molecule has 0 bridgehead atoms. The Hall–Kier alpha value is -3.52. The summed E-state index contributed by atoms with van der Waals surface area (Å²) in [6.45, 7) is 6.97. The number of hydrogen-bond donors (Lipinski definition) is 0. The van der Waals surface area contributed by atoms with Gasteiger partial charge in [-0.3, -0.25) is 4.98 Å². The van der Waals surface area contributed by atoms with Gasteiger partial charge in [-0.25, -0.2) is 0 Å². The van der Waals surface area contributed by atoms with Gasteiger partial charge in [-0.05, 0) is 40.8 Å². The normalized spacial score (nSPS) is 19.7. The third-order valence-electron chi connectivity index (χ3n) is 9.29. The Morgan fingerprint density at radius 1 is 0.861 bits per heavy atom. The summed E-state index contributed by atoms with van der Waals surface area (Å²) in [6, 6.07) is 20.1. The SMILES string of the molecule is BC(B)(c1ccnc(C2=CC=CC3c4c(n5c6ccccc6c6cccc4c65)C=CC23)c1)C(C)(C)C. The molecule has 2 aliphatic rings. The highest BCUT2D eigenvalue weighted by Gasteiger charge is 2.37. The topological polar surface area (TPSA) is 17.3 Å². The highest BCUT2D eigenvalue weighted by atomic mass is 14.9. The van der Waals surface area contributed by atoms with Gasteiger partial charge < -0.3 is 4.40 Å². The van der Waals surface area contributed by atoms with Crippen LogP contribution in [0, 0.1) is 11.3 Å². The molecule has 2 nitrogen and oxygen atoms in total. The second kappa shape index (κ2) is 7.26. The zero-order chi connectivity index (χ0) is 24.8. The average molecular weight is 464 g/mol. The van der Waals surface area contributed by atoms with E-state index < -0.39 is 0 Å². The standard InChI is InChI=1S/C32H30B2N2/c1-31(2,3)32(33,34)19-16-17-35-26(18-19)21-9-6-10-23-20(21)14-15-28-29(23)25-12-7-11-24-22-8-4-5-13-27(22)36(28)30(24)25/h4-18,20,23H,33-34H2,1-3H3. The minimum Gasteiger partial charge on any atom is -0.308 e. The van der Waals surface area contributed by atoms with Crippen LogP contribution in [-0.4, -0.2) is 25.1 Å². The predicted molar refractivity (Wildman–Crippen MR) is 158 cm³/mol. The molecular weight excluding hydrogens is 434 g/mol. The van der Waals surface area contributed by atoms with Gasteiger partial charge in [-0.15, -0.1) is 0 Å². The number of fused-ring (bicyclic) bond motifs is 8. The van der Waals surface area contributed by atoms with Crippen LogP contribution in [0.4, 0.5) is 0 Å². The Labute approximate surface area is 214 Å². The van der Waals surface area contributed by atoms with Gasteiger partial charge in [0.05, 0.1) is 22.4 Å². The van der Waals surface area contributed by atoms with E-state index in [0.29, 0.717) is 5.92 Å². The van der Waals surface area contributed by atoms with Crippen LogP contribution in [0.3, 0.4) is 0 Å². The quantitative estimate of drug-likeness (QED) is 0.297. The Morgan fingerprint density at radius 3 is 2.47 bits per heavy atom. The third-order valence-corrected chi connectivity index (χ3v) is 9.29. The lowest BCUT2D eigenvalue weighted by Gasteiger charge is -2.40. The largest absolute Gasteiger partial charge is 0.308 e. The van der Waals surface area contributed by atoms with E-state index in [1.54, 1.807) is 0 Å². The summed E-state index contributed by atoms with van der Waals surface area (Å²) in [5, 5.41) is 4.09. The summed E-state index contributed by atoms with van der Waals surface area (Å²) in [5.74, 6) is 0.579. The van der Waals surface area contributed by atoms with E-state index in [1.807, 2.05) is 6.20 Å². The lowest BCUT2D eigenvalue weighted by Crippen LogP contribution is -2.41. The molecule has 3 heterocycles. The summed E-state index contributed by atoms with van der Waals surface area (Å²) >= 11 is 0. The van der Waals surface area contributed by atoms with Crippen LogP contribution in [0.5, 0.6) is 0 Å². The number of nitrogens with zero attached hydrogens (tertiary/aromatic N) is 2. The first kappa shape index (κ1) is 21.7. The van der Waals surface area contributed by atoms with Gasteiger partial charge in [0.1, 0.15) is 15.7 Å². The smallest absolute Gasteiger partial charge is 0.105 e. The summed E-state index contributed by atoms with van der Waals surface area (Å²) in [4.78, 5) is 4.89. The monoisotopic (exact) mass is 464 g/mol. The molecule has 2 aromatic carbocycles. The van der Waals surface area contributed by atoms with Gasteiger partial charge in [0.2, 0.25) is 0 Å². The van der Waals surface area contributed by atoms with Crippen molar-refractivity contribution in [3.05, 3.63) is 108 Å².